The molecule has 11 heavy (non-hydrogen) atoms. The largest absolute Gasteiger partial charge is 0.418 e. The number of ether oxygens (including phenoxy) is 1. The molecule has 1 aromatic rings. The molecule has 0 heterocycles. The third kappa shape index (κ3) is 2.72. The van der Waals surface area contributed by atoms with Crippen molar-refractivity contribution < 1.29 is 9.53 Å². The Balaban J connectivity index is 2.79. The lowest BCUT2D eigenvalue weighted by molar-refractivity contribution is 0.228. The highest BCUT2D eigenvalue weighted by Crippen LogP contribution is 2.13. The zero-order chi connectivity index (χ0) is 8.27. The number of hydrogen-bond acceptors (Lipinski definition) is 2. The summed E-state index contributed by atoms with van der Waals surface area (Å²) in [5, 5.41) is 0. The van der Waals surface area contributed by atoms with Gasteiger partial charge in [-0.15, -0.1) is 0 Å². The van der Waals surface area contributed by atoms with Crippen molar-refractivity contribution in [3.63, 3.8) is 0 Å². The first kappa shape index (κ1) is 8.27. The Morgan fingerprint density at radius 3 is 2.82 bits per heavy atom. The average Bonchev–Trinajstić information content (AvgIpc) is 1.85. The van der Waals surface area contributed by atoms with E-state index in [2.05, 4.69) is 15.9 Å². The van der Waals surface area contributed by atoms with Crippen molar-refractivity contribution in [1.29, 1.82) is 0 Å². The Bertz CT molecular complexity index is 271. The molecule has 0 aliphatic rings. The van der Waals surface area contributed by atoms with E-state index in [1.807, 2.05) is 19.1 Å². The molecule has 0 amide bonds. The number of halogens is 1. The lowest BCUT2D eigenvalue weighted by Crippen LogP contribution is -1.94. The molecule has 0 saturated carbocycles. The van der Waals surface area contributed by atoms with Crippen LogP contribution in [0.15, 0.2) is 24.3 Å². The zero-order valence-electron chi connectivity index (χ0n) is 6.00. The van der Waals surface area contributed by atoms with E-state index >= 15 is 0 Å². The minimum atomic E-state index is -0.469. The highest BCUT2D eigenvalue weighted by molar-refractivity contribution is 9.18. The molecule has 0 radical (unpaired) electrons. The van der Waals surface area contributed by atoms with Crippen LogP contribution in [0.4, 0.5) is 4.79 Å². The van der Waals surface area contributed by atoms with E-state index in [1.54, 1.807) is 12.1 Å². The summed E-state index contributed by atoms with van der Waals surface area (Å²) < 4.78 is 4.77. The minimum absolute atomic E-state index is 0.469. The lowest BCUT2D eigenvalue weighted by Gasteiger charge is -1.99. The van der Waals surface area contributed by atoms with E-state index in [9.17, 15) is 4.79 Å². The first-order valence-corrected chi connectivity index (χ1v) is 3.92. The summed E-state index contributed by atoms with van der Waals surface area (Å²) in [6.07, 6.45) is 0. The number of carbonyl (C=O) groups excluding carboxylic acids is 1. The molecule has 3 heteroatoms. The van der Waals surface area contributed by atoms with Crippen LogP contribution < -0.4 is 4.74 Å². The molecular weight excluding hydrogens is 208 g/mol. The van der Waals surface area contributed by atoms with Crippen molar-refractivity contribution >= 4 is 20.8 Å². The van der Waals surface area contributed by atoms with Gasteiger partial charge in [-0.2, -0.15) is 0 Å². The van der Waals surface area contributed by atoms with Crippen molar-refractivity contribution in [2.45, 2.75) is 6.92 Å². The number of rotatable bonds is 1. The second-order valence-electron chi connectivity index (χ2n) is 2.16. The van der Waals surface area contributed by atoms with Gasteiger partial charge in [-0.1, -0.05) is 12.1 Å². The van der Waals surface area contributed by atoms with Gasteiger partial charge >= 0.3 is 4.88 Å². The van der Waals surface area contributed by atoms with Gasteiger partial charge in [-0.3, -0.25) is 0 Å². The van der Waals surface area contributed by atoms with Crippen LogP contribution in [-0.2, 0) is 0 Å². The Kier molecular flexibility index (Phi) is 2.65. The second-order valence-corrected chi connectivity index (χ2v) is 2.80. The van der Waals surface area contributed by atoms with Gasteiger partial charge in [0.1, 0.15) is 5.75 Å². The summed E-state index contributed by atoms with van der Waals surface area (Å²) >= 11 is 2.67. The summed E-state index contributed by atoms with van der Waals surface area (Å²) in [7, 11) is 0. The van der Waals surface area contributed by atoms with E-state index in [-0.39, 0.29) is 0 Å². The molecule has 0 saturated heterocycles. The molecule has 2 nitrogen and oxygen atoms in total. The molecule has 1 rings (SSSR count). The highest BCUT2D eigenvalue weighted by Gasteiger charge is 1.97. The third-order valence-corrected chi connectivity index (χ3v) is 1.35. The highest BCUT2D eigenvalue weighted by atomic mass is 79.9. The molecule has 0 unspecified atom stereocenters. The van der Waals surface area contributed by atoms with Gasteiger partial charge in [0, 0.05) is 15.9 Å². The first-order chi connectivity index (χ1) is 5.18. The SMILES string of the molecule is Cc1cccc(OC(=O)Br)c1. The molecule has 0 spiro atoms. The zero-order valence-corrected chi connectivity index (χ0v) is 7.59. The van der Waals surface area contributed by atoms with Crippen molar-refractivity contribution in [2.24, 2.45) is 0 Å². The average molecular weight is 215 g/mol. The fraction of sp³-hybridized carbons (Fsp3) is 0.125. The monoisotopic (exact) mass is 214 g/mol. The molecule has 0 fully saturated rings. The summed E-state index contributed by atoms with van der Waals surface area (Å²) in [5.41, 5.74) is 1.07. The van der Waals surface area contributed by atoms with Gasteiger partial charge < -0.3 is 4.74 Å². The fourth-order valence-electron chi connectivity index (χ4n) is 0.771. The van der Waals surface area contributed by atoms with E-state index in [1.165, 1.54) is 0 Å². The summed E-state index contributed by atoms with van der Waals surface area (Å²) in [6, 6.07) is 7.29. The van der Waals surface area contributed by atoms with E-state index in [0.29, 0.717) is 5.75 Å². The van der Waals surface area contributed by atoms with Gasteiger partial charge in [0.2, 0.25) is 0 Å². The summed E-state index contributed by atoms with van der Waals surface area (Å²) in [5.74, 6) is 0.562. The van der Waals surface area contributed by atoms with Gasteiger partial charge in [-0.05, 0) is 24.6 Å². The van der Waals surface area contributed by atoms with Gasteiger partial charge in [0.15, 0.2) is 0 Å². The topological polar surface area (TPSA) is 26.3 Å². The predicted molar refractivity (Wildman–Crippen MR) is 46.1 cm³/mol. The van der Waals surface area contributed by atoms with Crippen LogP contribution in [0, 0.1) is 6.92 Å². The maximum atomic E-state index is 10.4. The maximum Gasteiger partial charge on any atom is 0.379 e. The number of carbonyl (C=O) groups is 1. The van der Waals surface area contributed by atoms with Crippen LogP contribution in [0.5, 0.6) is 5.75 Å². The van der Waals surface area contributed by atoms with Gasteiger partial charge in [0.25, 0.3) is 0 Å². The Morgan fingerprint density at radius 1 is 1.55 bits per heavy atom. The summed E-state index contributed by atoms with van der Waals surface area (Å²) in [6.45, 7) is 1.94. The smallest absolute Gasteiger partial charge is 0.379 e. The molecule has 0 N–H and O–H groups in total. The van der Waals surface area contributed by atoms with Crippen molar-refractivity contribution in [1.82, 2.24) is 0 Å². The number of hydrogen-bond donors (Lipinski definition) is 0. The van der Waals surface area contributed by atoms with Crippen LogP contribution in [-0.4, -0.2) is 4.88 Å². The molecule has 0 bridgehead atoms. The third-order valence-electron chi connectivity index (χ3n) is 1.19. The first-order valence-electron chi connectivity index (χ1n) is 3.12. The predicted octanol–water partition coefficient (Wildman–Crippen LogP) is 2.89. The lowest BCUT2D eigenvalue weighted by atomic mass is 10.2. The molecule has 0 aromatic heterocycles. The fourth-order valence-corrected chi connectivity index (χ4v) is 0.958. The minimum Gasteiger partial charge on any atom is -0.418 e. The Labute approximate surface area is 73.3 Å². The Morgan fingerprint density at radius 2 is 2.27 bits per heavy atom. The van der Waals surface area contributed by atoms with E-state index in [0.717, 1.165) is 5.56 Å². The summed E-state index contributed by atoms with van der Waals surface area (Å²) in [4.78, 5) is 9.95. The molecule has 58 valence electrons. The Hall–Kier alpha value is -0.830. The van der Waals surface area contributed by atoms with Crippen molar-refractivity contribution in [3.8, 4) is 5.75 Å². The number of aryl methyl sites for hydroxylation is 1. The normalized spacial score (nSPS) is 9.27. The molecule has 0 aliphatic carbocycles. The molecule has 0 aliphatic heterocycles. The van der Waals surface area contributed by atoms with Crippen LogP contribution >= 0.6 is 15.9 Å². The van der Waals surface area contributed by atoms with E-state index < -0.39 is 4.88 Å². The maximum absolute atomic E-state index is 10.4. The van der Waals surface area contributed by atoms with E-state index in [4.69, 9.17) is 4.74 Å². The molecule has 0 atom stereocenters. The quantitative estimate of drug-likeness (QED) is 0.673. The number of benzene rings is 1. The molecular formula is C8H7BrO2. The van der Waals surface area contributed by atoms with Gasteiger partial charge in [0.05, 0.1) is 0 Å². The molecule has 1 aromatic carbocycles. The van der Waals surface area contributed by atoms with Crippen molar-refractivity contribution in [2.75, 3.05) is 0 Å². The van der Waals surface area contributed by atoms with Crippen molar-refractivity contribution in [3.05, 3.63) is 29.8 Å². The van der Waals surface area contributed by atoms with Crippen LogP contribution in [0.2, 0.25) is 0 Å². The van der Waals surface area contributed by atoms with Crippen LogP contribution in [0.1, 0.15) is 5.56 Å². The second kappa shape index (κ2) is 3.53. The standard InChI is InChI=1S/C8H7BrO2/c1-6-3-2-4-7(5-6)11-8(9)10/h2-5H,1H3. The van der Waals surface area contributed by atoms with Crippen LogP contribution in [0.25, 0.3) is 0 Å². The van der Waals surface area contributed by atoms with Crippen LogP contribution in [0.3, 0.4) is 0 Å². The van der Waals surface area contributed by atoms with Gasteiger partial charge in [-0.25, -0.2) is 4.79 Å².